The molecule has 0 aromatic carbocycles. The molecule has 0 aliphatic rings. The van der Waals surface area contributed by atoms with Crippen molar-refractivity contribution in [2.24, 2.45) is 5.73 Å². The number of anilines is 1. The molecule has 0 aliphatic heterocycles. The summed E-state index contributed by atoms with van der Waals surface area (Å²) in [6.45, 7) is 2.02. The summed E-state index contributed by atoms with van der Waals surface area (Å²) in [5, 5.41) is 3.93. The Labute approximate surface area is 104 Å². The number of rotatable bonds is 5. The van der Waals surface area contributed by atoms with Gasteiger partial charge in [0.15, 0.2) is 5.69 Å². The quantitative estimate of drug-likeness (QED) is 0.677. The number of carbonyl (C=O) groups excluding carboxylic acids is 2. The summed E-state index contributed by atoms with van der Waals surface area (Å²) < 4.78 is 10.8. The molecular formula is C10H16N4O4. The minimum Gasteiger partial charge on any atom is -0.464 e. The van der Waals surface area contributed by atoms with Crippen molar-refractivity contribution in [3.05, 3.63) is 11.4 Å². The zero-order valence-electron chi connectivity index (χ0n) is 10.5. The molecule has 100 valence electrons. The molecule has 0 radical (unpaired) electrons. The monoisotopic (exact) mass is 256 g/mol. The van der Waals surface area contributed by atoms with Gasteiger partial charge in [0.05, 0.1) is 25.4 Å². The summed E-state index contributed by atoms with van der Waals surface area (Å²) in [6.07, 6.45) is -0.215. The number of carbonyl (C=O) groups is 2. The molecule has 1 atom stereocenters. The molecule has 8 nitrogen and oxygen atoms in total. The van der Waals surface area contributed by atoms with Crippen LogP contribution in [-0.2, 0) is 16.0 Å². The lowest BCUT2D eigenvalue weighted by molar-refractivity contribution is 0.0591. The van der Waals surface area contributed by atoms with E-state index >= 15 is 0 Å². The SMILES string of the molecule is COC(=O)c1nn(CC(C)OC)c(C(N)=O)c1N. The highest BCUT2D eigenvalue weighted by Gasteiger charge is 2.25. The van der Waals surface area contributed by atoms with Crippen molar-refractivity contribution in [1.82, 2.24) is 9.78 Å². The van der Waals surface area contributed by atoms with Crippen molar-refractivity contribution in [3.8, 4) is 0 Å². The van der Waals surface area contributed by atoms with Gasteiger partial charge >= 0.3 is 5.97 Å². The van der Waals surface area contributed by atoms with Crippen LogP contribution in [0.4, 0.5) is 5.69 Å². The third-order valence-electron chi connectivity index (χ3n) is 2.43. The number of methoxy groups -OCH3 is 2. The molecule has 8 heteroatoms. The largest absolute Gasteiger partial charge is 0.464 e. The molecule has 18 heavy (non-hydrogen) atoms. The van der Waals surface area contributed by atoms with Crippen LogP contribution in [0.3, 0.4) is 0 Å². The van der Waals surface area contributed by atoms with Gasteiger partial charge in [0.25, 0.3) is 5.91 Å². The molecule has 0 aliphatic carbocycles. The van der Waals surface area contributed by atoms with E-state index in [1.165, 1.54) is 18.9 Å². The first-order valence-corrected chi connectivity index (χ1v) is 5.19. The van der Waals surface area contributed by atoms with Gasteiger partial charge in [0.1, 0.15) is 5.69 Å². The summed E-state index contributed by atoms with van der Waals surface area (Å²) in [6, 6.07) is 0. The van der Waals surface area contributed by atoms with E-state index in [4.69, 9.17) is 16.2 Å². The number of primary amides is 1. The van der Waals surface area contributed by atoms with E-state index in [1.807, 2.05) is 0 Å². The molecule has 1 unspecified atom stereocenters. The number of nitrogen functional groups attached to an aromatic ring is 1. The summed E-state index contributed by atoms with van der Waals surface area (Å²) >= 11 is 0. The highest BCUT2D eigenvalue weighted by molar-refractivity contribution is 6.03. The minimum absolute atomic E-state index is 0.0284. The second-order valence-electron chi connectivity index (χ2n) is 3.70. The number of nitrogens with zero attached hydrogens (tertiary/aromatic N) is 2. The van der Waals surface area contributed by atoms with Crippen molar-refractivity contribution in [2.45, 2.75) is 19.6 Å². The predicted octanol–water partition coefficient (Wildman–Crippen LogP) is -0.614. The lowest BCUT2D eigenvalue weighted by atomic mass is 10.2. The third kappa shape index (κ3) is 2.59. The van der Waals surface area contributed by atoms with Gasteiger partial charge < -0.3 is 20.9 Å². The molecule has 1 aromatic rings. The number of hydrogen-bond donors (Lipinski definition) is 2. The van der Waals surface area contributed by atoms with E-state index in [-0.39, 0.29) is 29.7 Å². The Morgan fingerprint density at radius 1 is 1.44 bits per heavy atom. The molecule has 1 heterocycles. The zero-order chi connectivity index (χ0) is 13.9. The molecule has 0 fully saturated rings. The predicted molar refractivity (Wildman–Crippen MR) is 63.0 cm³/mol. The molecule has 0 spiro atoms. The van der Waals surface area contributed by atoms with Crippen LogP contribution < -0.4 is 11.5 Å². The number of hydrogen-bond acceptors (Lipinski definition) is 6. The van der Waals surface area contributed by atoms with Crippen molar-refractivity contribution in [2.75, 3.05) is 20.0 Å². The van der Waals surface area contributed by atoms with Gasteiger partial charge in [-0.2, -0.15) is 5.10 Å². The Hall–Kier alpha value is -2.09. The van der Waals surface area contributed by atoms with Crippen molar-refractivity contribution < 1.29 is 19.1 Å². The topological polar surface area (TPSA) is 122 Å². The number of nitrogens with two attached hydrogens (primary N) is 2. The Balaban J connectivity index is 3.24. The van der Waals surface area contributed by atoms with Gasteiger partial charge in [-0.05, 0) is 6.92 Å². The van der Waals surface area contributed by atoms with Gasteiger partial charge in [0.2, 0.25) is 0 Å². The molecule has 0 saturated carbocycles. The fourth-order valence-corrected chi connectivity index (χ4v) is 1.43. The average Bonchev–Trinajstić information content (AvgIpc) is 2.65. The van der Waals surface area contributed by atoms with Crippen LogP contribution in [0.15, 0.2) is 0 Å². The maximum atomic E-state index is 11.4. The zero-order valence-corrected chi connectivity index (χ0v) is 10.5. The van der Waals surface area contributed by atoms with Gasteiger partial charge in [-0.1, -0.05) is 0 Å². The highest BCUT2D eigenvalue weighted by Crippen LogP contribution is 2.18. The maximum absolute atomic E-state index is 11.4. The summed E-state index contributed by atoms with van der Waals surface area (Å²) in [5.41, 5.74) is 10.6. The number of amides is 1. The average molecular weight is 256 g/mol. The Kier molecular flexibility index (Phi) is 4.27. The van der Waals surface area contributed by atoms with E-state index in [0.29, 0.717) is 0 Å². The van der Waals surface area contributed by atoms with Gasteiger partial charge in [-0.15, -0.1) is 0 Å². The maximum Gasteiger partial charge on any atom is 0.360 e. The molecule has 1 aromatic heterocycles. The van der Waals surface area contributed by atoms with Crippen LogP contribution in [0.5, 0.6) is 0 Å². The lowest BCUT2D eigenvalue weighted by Crippen LogP contribution is -2.23. The molecule has 4 N–H and O–H groups in total. The van der Waals surface area contributed by atoms with Crippen LogP contribution in [0.1, 0.15) is 27.9 Å². The minimum atomic E-state index is -0.765. The summed E-state index contributed by atoms with van der Waals surface area (Å²) in [5.74, 6) is -1.49. The van der Waals surface area contributed by atoms with Crippen molar-refractivity contribution in [1.29, 1.82) is 0 Å². The summed E-state index contributed by atoms with van der Waals surface area (Å²) in [4.78, 5) is 22.7. The highest BCUT2D eigenvalue weighted by atomic mass is 16.5. The first-order chi connectivity index (χ1) is 8.42. The third-order valence-corrected chi connectivity index (χ3v) is 2.43. The van der Waals surface area contributed by atoms with Gasteiger partial charge in [0, 0.05) is 7.11 Å². The van der Waals surface area contributed by atoms with E-state index in [0.717, 1.165) is 0 Å². The second kappa shape index (κ2) is 5.50. The molecule has 0 bridgehead atoms. The molecule has 1 rings (SSSR count). The van der Waals surface area contributed by atoms with E-state index in [1.54, 1.807) is 6.92 Å². The number of ether oxygens (including phenoxy) is 2. The van der Waals surface area contributed by atoms with Crippen LogP contribution in [0, 0.1) is 0 Å². The first kappa shape index (κ1) is 14.0. The standard InChI is InChI=1S/C10H16N4O4/c1-5(17-2)4-14-8(9(12)15)6(11)7(13-14)10(16)18-3/h5H,4,11H2,1-3H3,(H2,12,15). The second-order valence-corrected chi connectivity index (χ2v) is 3.70. The molecule has 0 saturated heterocycles. The van der Waals surface area contributed by atoms with E-state index < -0.39 is 11.9 Å². The molecule has 1 amide bonds. The summed E-state index contributed by atoms with van der Waals surface area (Å²) in [7, 11) is 2.71. The van der Waals surface area contributed by atoms with Crippen molar-refractivity contribution >= 4 is 17.6 Å². The number of esters is 1. The Morgan fingerprint density at radius 2 is 2.06 bits per heavy atom. The fourth-order valence-electron chi connectivity index (χ4n) is 1.43. The normalized spacial score (nSPS) is 12.2. The molecular weight excluding hydrogens is 240 g/mol. The van der Waals surface area contributed by atoms with Crippen LogP contribution in [0.2, 0.25) is 0 Å². The van der Waals surface area contributed by atoms with Crippen LogP contribution >= 0.6 is 0 Å². The van der Waals surface area contributed by atoms with E-state index in [9.17, 15) is 9.59 Å². The Morgan fingerprint density at radius 3 is 2.50 bits per heavy atom. The first-order valence-electron chi connectivity index (χ1n) is 5.19. The fraction of sp³-hybridized carbons (Fsp3) is 0.500. The smallest absolute Gasteiger partial charge is 0.360 e. The van der Waals surface area contributed by atoms with Crippen LogP contribution in [0.25, 0.3) is 0 Å². The van der Waals surface area contributed by atoms with Crippen molar-refractivity contribution in [3.63, 3.8) is 0 Å². The van der Waals surface area contributed by atoms with Gasteiger partial charge in [-0.3, -0.25) is 9.48 Å². The van der Waals surface area contributed by atoms with Crippen LogP contribution in [-0.4, -0.2) is 42.0 Å². The van der Waals surface area contributed by atoms with Gasteiger partial charge in [-0.25, -0.2) is 4.79 Å². The Bertz CT molecular complexity index is 469. The number of aromatic nitrogens is 2. The lowest BCUT2D eigenvalue weighted by Gasteiger charge is -2.10. The van der Waals surface area contributed by atoms with E-state index in [2.05, 4.69) is 9.84 Å².